The molecule has 3 aliphatic rings. The van der Waals surface area contributed by atoms with Gasteiger partial charge in [-0.2, -0.15) is 0 Å². The maximum absolute atomic E-state index is 2.58. The molecular formula is C60H53N. The van der Waals surface area contributed by atoms with Crippen molar-refractivity contribution in [1.82, 2.24) is 0 Å². The molecule has 0 saturated carbocycles. The summed E-state index contributed by atoms with van der Waals surface area (Å²) in [5.41, 5.74) is 24.0. The quantitative estimate of drug-likeness (QED) is 0.172. The minimum absolute atomic E-state index is 0.0244. The fourth-order valence-electron chi connectivity index (χ4n) is 11.0. The Morgan fingerprint density at radius 3 is 1.48 bits per heavy atom. The van der Waals surface area contributed by atoms with Crippen LogP contribution in [0.4, 0.5) is 17.1 Å². The third-order valence-corrected chi connectivity index (χ3v) is 14.2. The molecule has 3 aliphatic carbocycles. The van der Waals surface area contributed by atoms with Crippen LogP contribution >= 0.6 is 0 Å². The molecule has 1 spiro atoms. The lowest BCUT2D eigenvalue weighted by molar-refractivity contribution is 0.586. The summed E-state index contributed by atoms with van der Waals surface area (Å²) < 4.78 is 0. The van der Waals surface area contributed by atoms with Gasteiger partial charge < -0.3 is 4.90 Å². The highest BCUT2D eigenvalue weighted by atomic mass is 15.1. The Kier molecular flexibility index (Phi) is 8.02. The number of anilines is 3. The van der Waals surface area contributed by atoms with Crippen LogP contribution in [0.2, 0.25) is 0 Å². The zero-order valence-electron chi connectivity index (χ0n) is 36.7. The first-order valence-electron chi connectivity index (χ1n) is 22.0. The third kappa shape index (κ3) is 5.39. The van der Waals surface area contributed by atoms with Gasteiger partial charge in [0.1, 0.15) is 0 Å². The first-order chi connectivity index (χ1) is 29.3. The number of rotatable bonds is 4. The van der Waals surface area contributed by atoms with Crippen LogP contribution in [0.3, 0.4) is 0 Å². The molecule has 1 heteroatoms. The Bertz CT molecular complexity index is 3010. The van der Waals surface area contributed by atoms with Crippen molar-refractivity contribution in [1.29, 1.82) is 0 Å². The van der Waals surface area contributed by atoms with Crippen LogP contribution < -0.4 is 4.90 Å². The molecule has 0 aromatic heterocycles. The molecule has 0 N–H and O–H groups in total. The number of fused-ring (bicyclic) bond motifs is 13. The summed E-state index contributed by atoms with van der Waals surface area (Å²) in [6.45, 7) is 18.9. The molecule has 11 rings (SSSR count). The normalized spacial score (nSPS) is 14.8. The lowest BCUT2D eigenvalue weighted by Gasteiger charge is -2.35. The SMILES string of the molecule is CC(C)(C)c1ccc2c(c1)C1(c3ccccc3-c3ccccc31)c1cc(C(C)(C)C)cc(N(c3ccc(-c4ccccc4)cc3)c3ccc4c(c3)C(C)(C)c3ccccc3-4)c1-2. The highest BCUT2D eigenvalue weighted by Crippen LogP contribution is 2.66. The fraction of sp³-hybridized carbons (Fsp3) is 0.200. The Morgan fingerprint density at radius 2 is 0.852 bits per heavy atom. The molecule has 8 aromatic carbocycles. The summed E-state index contributed by atoms with van der Waals surface area (Å²) in [5, 5.41) is 0. The van der Waals surface area contributed by atoms with Crippen molar-refractivity contribution >= 4 is 17.1 Å². The average molecular weight is 788 g/mol. The molecule has 61 heavy (non-hydrogen) atoms. The Labute approximate surface area is 362 Å². The monoisotopic (exact) mass is 787 g/mol. The summed E-state index contributed by atoms with van der Waals surface area (Å²) in [6.07, 6.45) is 0. The van der Waals surface area contributed by atoms with Gasteiger partial charge in [0.2, 0.25) is 0 Å². The Balaban J connectivity index is 1.25. The molecule has 0 fully saturated rings. The molecule has 1 nitrogen and oxygen atoms in total. The van der Waals surface area contributed by atoms with Crippen LogP contribution in [-0.2, 0) is 21.7 Å². The van der Waals surface area contributed by atoms with Gasteiger partial charge in [0.05, 0.1) is 11.1 Å². The van der Waals surface area contributed by atoms with E-state index < -0.39 is 5.41 Å². The van der Waals surface area contributed by atoms with Gasteiger partial charge in [-0.1, -0.05) is 201 Å². The summed E-state index contributed by atoms with van der Waals surface area (Å²) in [6, 6.07) is 67.1. The van der Waals surface area contributed by atoms with E-state index in [-0.39, 0.29) is 16.2 Å². The number of nitrogens with zero attached hydrogens (tertiary/aromatic N) is 1. The largest absolute Gasteiger partial charge is 0.310 e. The molecule has 8 aromatic rings. The van der Waals surface area contributed by atoms with Crippen LogP contribution in [-0.4, -0.2) is 0 Å². The van der Waals surface area contributed by atoms with E-state index in [0.29, 0.717) is 0 Å². The Morgan fingerprint density at radius 1 is 0.361 bits per heavy atom. The van der Waals surface area contributed by atoms with Gasteiger partial charge in [-0.15, -0.1) is 0 Å². The predicted molar refractivity (Wildman–Crippen MR) is 258 cm³/mol. The lowest BCUT2D eigenvalue weighted by atomic mass is 9.68. The highest BCUT2D eigenvalue weighted by Gasteiger charge is 2.53. The smallest absolute Gasteiger partial charge is 0.0726 e. The molecular weight excluding hydrogens is 735 g/mol. The van der Waals surface area contributed by atoms with E-state index in [1.165, 1.54) is 100 Å². The molecule has 0 aliphatic heterocycles. The van der Waals surface area contributed by atoms with E-state index in [0.717, 1.165) is 5.69 Å². The van der Waals surface area contributed by atoms with Crippen LogP contribution in [0, 0.1) is 0 Å². The predicted octanol–water partition coefficient (Wildman–Crippen LogP) is 16.1. The minimum Gasteiger partial charge on any atom is -0.310 e. The zero-order chi connectivity index (χ0) is 42.1. The van der Waals surface area contributed by atoms with Gasteiger partial charge in [0.25, 0.3) is 0 Å². The van der Waals surface area contributed by atoms with E-state index in [1.807, 2.05) is 0 Å². The topological polar surface area (TPSA) is 3.24 Å². The second-order valence-corrected chi connectivity index (χ2v) is 20.2. The molecule has 0 unspecified atom stereocenters. The van der Waals surface area contributed by atoms with Crippen LogP contribution in [0.25, 0.3) is 44.5 Å². The zero-order valence-corrected chi connectivity index (χ0v) is 36.7. The fourth-order valence-corrected chi connectivity index (χ4v) is 11.0. The number of benzene rings is 8. The summed E-state index contributed by atoms with van der Waals surface area (Å²) in [4.78, 5) is 2.58. The van der Waals surface area contributed by atoms with Crippen molar-refractivity contribution < 1.29 is 0 Å². The maximum Gasteiger partial charge on any atom is 0.0726 e. The summed E-state index contributed by atoms with van der Waals surface area (Å²) >= 11 is 0. The Hall–Kier alpha value is -6.44. The molecule has 0 heterocycles. The second-order valence-electron chi connectivity index (χ2n) is 20.2. The van der Waals surface area contributed by atoms with Gasteiger partial charge in [-0.25, -0.2) is 0 Å². The van der Waals surface area contributed by atoms with Crippen molar-refractivity contribution in [2.24, 2.45) is 0 Å². The van der Waals surface area contributed by atoms with E-state index in [2.05, 4.69) is 236 Å². The molecule has 298 valence electrons. The second kappa shape index (κ2) is 13.0. The van der Waals surface area contributed by atoms with E-state index in [1.54, 1.807) is 0 Å². The molecule has 0 amide bonds. The number of hydrogen-bond donors (Lipinski definition) is 0. The lowest BCUT2D eigenvalue weighted by Crippen LogP contribution is -2.27. The van der Waals surface area contributed by atoms with Gasteiger partial charge in [-0.3, -0.25) is 0 Å². The van der Waals surface area contributed by atoms with Crippen LogP contribution in [0.1, 0.15) is 99.9 Å². The maximum atomic E-state index is 2.58. The number of hydrogen-bond acceptors (Lipinski definition) is 1. The van der Waals surface area contributed by atoms with Gasteiger partial charge in [0, 0.05) is 22.4 Å². The van der Waals surface area contributed by atoms with Crippen molar-refractivity contribution in [3.63, 3.8) is 0 Å². The van der Waals surface area contributed by atoms with E-state index in [4.69, 9.17) is 0 Å². The summed E-state index contributed by atoms with van der Waals surface area (Å²) in [5.74, 6) is 0. The van der Waals surface area contributed by atoms with E-state index in [9.17, 15) is 0 Å². The summed E-state index contributed by atoms with van der Waals surface area (Å²) in [7, 11) is 0. The molecule has 0 atom stereocenters. The first kappa shape index (κ1) is 37.6. The van der Waals surface area contributed by atoms with Crippen molar-refractivity contribution in [2.75, 3.05) is 4.90 Å². The van der Waals surface area contributed by atoms with Crippen molar-refractivity contribution in [3.8, 4) is 44.5 Å². The van der Waals surface area contributed by atoms with Gasteiger partial charge >= 0.3 is 0 Å². The standard InChI is InChI=1S/C60H53N/c1-57(2,3)40-28-32-48-53(34-40)60(50-24-16-13-21-45(50)46-22-14-17-25-51(46)60)54-35-41(58(4,5)6)36-55(56(48)54)61(42-29-26-39(27-30-42)38-18-10-9-11-19-38)43-31-33-47-44-20-12-15-23-49(44)59(7,8)52(47)37-43/h9-37H,1-8H3. The van der Waals surface area contributed by atoms with E-state index >= 15 is 0 Å². The van der Waals surface area contributed by atoms with Crippen LogP contribution in [0.5, 0.6) is 0 Å². The van der Waals surface area contributed by atoms with Gasteiger partial charge in [-0.05, 0) is 125 Å². The molecule has 0 bridgehead atoms. The third-order valence-electron chi connectivity index (χ3n) is 14.2. The van der Waals surface area contributed by atoms with Gasteiger partial charge in [0.15, 0.2) is 0 Å². The molecule has 0 radical (unpaired) electrons. The first-order valence-corrected chi connectivity index (χ1v) is 22.0. The minimum atomic E-state index is -0.487. The molecule has 0 saturated heterocycles. The highest BCUT2D eigenvalue weighted by molar-refractivity contribution is 6.02. The van der Waals surface area contributed by atoms with Crippen molar-refractivity contribution in [2.45, 2.75) is 77.0 Å². The van der Waals surface area contributed by atoms with Crippen molar-refractivity contribution in [3.05, 3.63) is 220 Å². The van der Waals surface area contributed by atoms with Crippen LogP contribution in [0.15, 0.2) is 176 Å². The average Bonchev–Trinajstić information content (AvgIpc) is 3.82.